The van der Waals surface area contributed by atoms with Crippen LogP contribution in [-0.4, -0.2) is 23.7 Å². The minimum absolute atomic E-state index is 0.184. The van der Waals surface area contributed by atoms with E-state index in [0.29, 0.717) is 11.1 Å². The minimum atomic E-state index is -0.441. The van der Waals surface area contributed by atoms with Crippen LogP contribution in [-0.2, 0) is 0 Å². The smallest absolute Gasteiger partial charge is 0.252 e. The molecule has 0 atom stereocenters. The summed E-state index contributed by atoms with van der Waals surface area (Å²) in [4.78, 5) is 12.4. The number of halogens is 1. The summed E-state index contributed by atoms with van der Waals surface area (Å²) >= 11 is 0. The summed E-state index contributed by atoms with van der Waals surface area (Å²) < 4.78 is 13.3. The molecule has 0 aromatic heterocycles. The molecule has 0 spiro atoms. The van der Waals surface area contributed by atoms with Crippen LogP contribution in [0.15, 0.2) is 18.2 Å². The molecule has 3 nitrogen and oxygen atoms in total. The van der Waals surface area contributed by atoms with E-state index in [0.717, 1.165) is 25.7 Å². The number of aliphatic hydroxyl groups excluding tert-OH is 1. The molecule has 0 saturated heterocycles. The van der Waals surface area contributed by atoms with Gasteiger partial charge in [-0.25, -0.2) is 4.39 Å². The zero-order chi connectivity index (χ0) is 15.1. The average Bonchev–Trinajstić information content (AvgIpc) is 2.73. The van der Waals surface area contributed by atoms with Crippen molar-refractivity contribution in [1.82, 2.24) is 5.32 Å². The number of nitrogens with one attached hydrogen (secondary N) is 1. The molecule has 0 unspecified atom stereocenters. The zero-order valence-corrected chi connectivity index (χ0v) is 12.0. The van der Waals surface area contributed by atoms with E-state index in [1.54, 1.807) is 0 Å². The van der Waals surface area contributed by atoms with E-state index in [1.807, 2.05) is 0 Å². The van der Waals surface area contributed by atoms with Crippen LogP contribution in [0.4, 0.5) is 4.39 Å². The van der Waals surface area contributed by atoms with Crippen LogP contribution >= 0.6 is 0 Å². The highest BCUT2D eigenvalue weighted by Crippen LogP contribution is 2.18. The molecule has 0 radical (unpaired) electrons. The second kappa shape index (κ2) is 7.80. The maximum absolute atomic E-state index is 13.3. The molecule has 0 bridgehead atoms. The van der Waals surface area contributed by atoms with E-state index < -0.39 is 5.82 Å². The van der Waals surface area contributed by atoms with Gasteiger partial charge in [0.1, 0.15) is 12.4 Å². The Balaban J connectivity index is 2.14. The van der Waals surface area contributed by atoms with Gasteiger partial charge in [0.15, 0.2) is 0 Å². The Bertz CT molecular complexity index is 552. The summed E-state index contributed by atoms with van der Waals surface area (Å²) in [6, 6.07) is 4.11. The number of benzene rings is 1. The number of hydrogen-bond donors (Lipinski definition) is 2. The molecule has 21 heavy (non-hydrogen) atoms. The van der Waals surface area contributed by atoms with Gasteiger partial charge in [-0.2, -0.15) is 0 Å². The normalized spacial score (nSPS) is 15.7. The standard InChI is InChI=1S/C17H20FNO2/c18-14-9-10-16(13(12-14)6-5-11-20)17(21)19-15-7-3-1-2-4-8-15/h9-10,12,15,20H,1-4,7-8,11H2,(H,19,21). The minimum Gasteiger partial charge on any atom is -0.384 e. The Hall–Kier alpha value is -1.86. The van der Waals surface area contributed by atoms with Gasteiger partial charge in [0, 0.05) is 11.6 Å². The molecule has 1 aromatic carbocycles. The van der Waals surface area contributed by atoms with E-state index in [9.17, 15) is 9.18 Å². The fourth-order valence-electron chi connectivity index (χ4n) is 2.64. The highest BCUT2D eigenvalue weighted by Gasteiger charge is 2.17. The van der Waals surface area contributed by atoms with Crippen molar-refractivity contribution in [1.29, 1.82) is 0 Å². The Morgan fingerprint density at radius 1 is 1.29 bits per heavy atom. The molecular weight excluding hydrogens is 269 g/mol. The van der Waals surface area contributed by atoms with E-state index >= 15 is 0 Å². The molecule has 0 aliphatic heterocycles. The molecule has 1 fully saturated rings. The Morgan fingerprint density at radius 3 is 2.67 bits per heavy atom. The number of carbonyl (C=O) groups excluding carboxylic acids is 1. The summed E-state index contributed by atoms with van der Waals surface area (Å²) in [6.45, 7) is -0.319. The highest BCUT2D eigenvalue weighted by molar-refractivity contribution is 5.96. The third-order valence-corrected chi connectivity index (χ3v) is 3.72. The van der Waals surface area contributed by atoms with Crippen LogP contribution < -0.4 is 5.32 Å². The molecule has 1 aliphatic rings. The van der Waals surface area contributed by atoms with Crippen molar-refractivity contribution in [2.45, 2.75) is 44.6 Å². The van der Waals surface area contributed by atoms with Crippen LogP contribution in [0.2, 0.25) is 0 Å². The van der Waals surface area contributed by atoms with E-state index in [4.69, 9.17) is 5.11 Å². The SMILES string of the molecule is O=C(NC1CCCCCC1)c1ccc(F)cc1C#CCO. The van der Waals surface area contributed by atoms with Gasteiger partial charge in [0.05, 0.1) is 5.56 Å². The fraction of sp³-hybridized carbons (Fsp3) is 0.471. The predicted molar refractivity (Wildman–Crippen MR) is 79.3 cm³/mol. The second-order valence-electron chi connectivity index (χ2n) is 5.31. The van der Waals surface area contributed by atoms with Crippen molar-refractivity contribution in [2.24, 2.45) is 0 Å². The lowest BCUT2D eigenvalue weighted by molar-refractivity contribution is 0.0933. The van der Waals surface area contributed by atoms with Gasteiger partial charge in [-0.1, -0.05) is 37.5 Å². The van der Waals surface area contributed by atoms with Crippen molar-refractivity contribution in [3.05, 3.63) is 35.1 Å². The molecule has 4 heteroatoms. The van der Waals surface area contributed by atoms with Crippen LogP contribution in [0.1, 0.15) is 54.4 Å². The van der Waals surface area contributed by atoms with Gasteiger partial charge < -0.3 is 10.4 Å². The van der Waals surface area contributed by atoms with Gasteiger partial charge in [-0.15, -0.1) is 0 Å². The summed E-state index contributed by atoms with van der Waals surface area (Å²) in [6.07, 6.45) is 6.68. The number of hydrogen-bond acceptors (Lipinski definition) is 2. The quantitative estimate of drug-likeness (QED) is 0.649. The van der Waals surface area contributed by atoms with Crippen molar-refractivity contribution in [2.75, 3.05) is 6.61 Å². The largest absolute Gasteiger partial charge is 0.384 e. The highest BCUT2D eigenvalue weighted by atomic mass is 19.1. The lowest BCUT2D eigenvalue weighted by atomic mass is 10.0. The first-order valence-corrected chi connectivity index (χ1v) is 7.41. The first kappa shape index (κ1) is 15.5. The molecule has 1 saturated carbocycles. The van der Waals surface area contributed by atoms with Gasteiger partial charge in [-0.3, -0.25) is 4.79 Å². The number of amides is 1. The topological polar surface area (TPSA) is 49.3 Å². The maximum Gasteiger partial charge on any atom is 0.252 e. The molecule has 1 amide bonds. The first-order chi connectivity index (χ1) is 10.2. The van der Waals surface area contributed by atoms with Gasteiger partial charge in [0.2, 0.25) is 0 Å². The number of carbonyl (C=O) groups is 1. The molecule has 2 rings (SSSR count). The van der Waals surface area contributed by atoms with Crippen LogP contribution in [0.3, 0.4) is 0 Å². The van der Waals surface area contributed by atoms with Crippen molar-refractivity contribution in [3.8, 4) is 11.8 Å². The summed E-state index contributed by atoms with van der Waals surface area (Å²) in [7, 11) is 0. The summed E-state index contributed by atoms with van der Waals surface area (Å²) in [5.41, 5.74) is 0.678. The summed E-state index contributed by atoms with van der Waals surface area (Å²) in [5, 5.41) is 11.8. The predicted octanol–water partition coefficient (Wildman–Crippen LogP) is 2.62. The van der Waals surface area contributed by atoms with Gasteiger partial charge in [-0.05, 0) is 31.0 Å². The van der Waals surface area contributed by atoms with Crippen molar-refractivity contribution >= 4 is 5.91 Å². The Kier molecular flexibility index (Phi) is 5.77. The Morgan fingerprint density at radius 2 is 2.00 bits per heavy atom. The van der Waals surface area contributed by atoms with Gasteiger partial charge in [0.25, 0.3) is 5.91 Å². The summed E-state index contributed by atoms with van der Waals surface area (Å²) in [5.74, 6) is 4.43. The second-order valence-corrected chi connectivity index (χ2v) is 5.31. The zero-order valence-electron chi connectivity index (χ0n) is 12.0. The van der Waals surface area contributed by atoms with E-state index in [2.05, 4.69) is 17.2 Å². The number of rotatable bonds is 2. The van der Waals surface area contributed by atoms with E-state index in [1.165, 1.54) is 31.0 Å². The first-order valence-electron chi connectivity index (χ1n) is 7.41. The van der Waals surface area contributed by atoms with Crippen LogP contribution in [0.25, 0.3) is 0 Å². The molecule has 1 aliphatic carbocycles. The average molecular weight is 289 g/mol. The van der Waals surface area contributed by atoms with Crippen molar-refractivity contribution < 1.29 is 14.3 Å². The maximum atomic E-state index is 13.3. The van der Waals surface area contributed by atoms with Crippen molar-refractivity contribution in [3.63, 3.8) is 0 Å². The fourth-order valence-corrected chi connectivity index (χ4v) is 2.64. The number of aliphatic hydroxyl groups is 1. The van der Waals surface area contributed by atoms with Crippen LogP contribution in [0.5, 0.6) is 0 Å². The monoisotopic (exact) mass is 289 g/mol. The Labute approximate surface area is 124 Å². The lowest BCUT2D eigenvalue weighted by Crippen LogP contribution is -2.34. The van der Waals surface area contributed by atoms with E-state index in [-0.39, 0.29) is 18.6 Å². The molecule has 112 valence electrons. The molecule has 0 heterocycles. The van der Waals surface area contributed by atoms with Gasteiger partial charge >= 0.3 is 0 Å². The third kappa shape index (κ3) is 4.57. The molecule has 1 aromatic rings. The third-order valence-electron chi connectivity index (χ3n) is 3.72. The molecular formula is C17H20FNO2. The lowest BCUT2D eigenvalue weighted by Gasteiger charge is -2.16. The molecule has 2 N–H and O–H groups in total. The van der Waals surface area contributed by atoms with Crippen LogP contribution in [0, 0.1) is 17.7 Å².